The van der Waals surface area contributed by atoms with Crippen LogP contribution in [0.15, 0.2) is 36.4 Å². The van der Waals surface area contributed by atoms with Crippen molar-refractivity contribution in [2.45, 2.75) is 136 Å². The number of fused-ring (bicyclic) bond motifs is 1. The molecular weight excluding hydrogens is 784 g/mol. The number of alkyl carbamates (subject to hydrolysis) is 1. The summed E-state index contributed by atoms with van der Waals surface area (Å²) in [5.74, 6) is -0.162. The van der Waals surface area contributed by atoms with E-state index in [1.165, 1.54) is 19.3 Å². The minimum atomic E-state index is -4.09. The third-order valence-corrected chi connectivity index (χ3v) is 16.1. The van der Waals surface area contributed by atoms with Crippen LogP contribution in [0.5, 0.6) is 5.75 Å². The molecule has 2 aromatic rings. The summed E-state index contributed by atoms with van der Waals surface area (Å²) in [6.07, 6.45) is 8.10. The summed E-state index contributed by atoms with van der Waals surface area (Å²) in [4.78, 5) is 40.2. The van der Waals surface area contributed by atoms with Gasteiger partial charge in [-0.15, -0.1) is 0 Å². The van der Waals surface area contributed by atoms with Gasteiger partial charge in [-0.25, -0.2) is 4.79 Å². The largest absolute Gasteiger partial charge is 0.492 e. The molecule has 0 spiro atoms. The molecule has 14 nitrogen and oxygen atoms in total. The summed E-state index contributed by atoms with van der Waals surface area (Å²) < 4.78 is 62.9. The van der Waals surface area contributed by atoms with Gasteiger partial charge in [0.1, 0.15) is 17.4 Å². The lowest BCUT2D eigenvalue weighted by Crippen LogP contribution is -2.50. The Morgan fingerprint density at radius 2 is 1.38 bits per heavy atom. The second-order valence-electron chi connectivity index (χ2n) is 15.8. The Balaban J connectivity index is 1.65. The van der Waals surface area contributed by atoms with Crippen molar-refractivity contribution >= 4 is 33.1 Å². The molecule has 58 heavy (non-hydrogen) atoms. The molecule has 2 aliphatic rings. The number of rotatable bonds is 20. The molecule has 0 saturated heterocycles. The molecule has 4 rings (SSSR count). The molecule has 2 atom stereocenters. The molecule has 0 heterocycles. The summed E-state index contributed by atoms with van der Waals surface area (Å²) in [6.45, 7) is 12.5. The SMILES string of the molecule is CCOP(=O)(OCC)C(c1ccc(C[C@@H](NC(=O)OC(C)(C)C)C(=O)N[C@H]2CCCCc3cc(OCC4CCCCC4)c(C(N)=O)cc32)cc1)P(=O)(OCC)OCC. The van der Waals surface area contributed by atoms with Crippen LogP contribution >= 0.6 is 15.2 Å². The number of hydrogen-bond acceptors (Lipinski definition) is 11. The number of ether oxygens (including phenoxy) is 2. The van der Waals surface area contributed by atoms with E-state index in [1.54, 1.807) is 78.8 Å². The van der Waals surface area contributed by atoms with E-state index in [9.17, 15) is 23.5 Å². The van der Waals surface area contributed by atoms with Crippen LogP contribution in [0.1, 0.15) is 144 Å². The number of aryl methyl sites for hydroxylation is 1. The van der Waals surface area contributed by atoms with Gasteiger partial charge in [0.05, 0.1) is 44.6 Å². The maximum Gasteiger partial charge on any atom is 0.408 e. The molecule has 16 heteroatoms. The van der Waals surface area contributed by atoms with Crippen molar-refractivity contribution in [1.82, 2.24) is 10.6 Å². The Bertz CT molecular complexity index is 1730. The lowest BCUT2D eigenvalue weighted by molar-refractivity contribution is -0.124. The summed E-state index contributed by atoms with van der Waals surface area (Å²) in [6, 6.07) is 8.73. The first-order valence-corrected chi connectivity index (χ1v) is 24.0. The first-order chi connectivity index (χ1) is 27.6. The Kier molecular flexibility index (Phi) is 17.9. The number of amides is 3. The maximum absolute atomic E-state index is 14.3. The molecule has 3 amide bonds. The molecule has 4 N–H and O–H groups in total. The number of nitrogens with one attached hydrogen (secondary N) is 2. The van der Waals surface area contributed by atoms with Gasteiger partial charge < -0.3 is 43.9 Å². The topological polar surface area (TPSA) is 191 Å². The molecule has 2 aromatic carbocycles. The highest BCUT2D eigenvalue weighted by atomic mass is 31.2. The number of nitrogens with two attached hydrogens (primary N) is 1. The number of benzene rings is 2. The van der Waals surface area contributed by atoms with Crippen molar-refractivity contribution in [3.05, 3.63) is 64.2 Å². The van der Waals surface area contributed by atoms with Crippen molar-refractivity contribution in [2.24, 2.45) is 11.7 Å². The van der Waals surface area contributed by atoms with Gasteiger partial charge in [0.25, 0.3) is 5.91 Å². The van der Waals surface area contributed by atoms with E-state index in [-0.39, 0.29) is 38.4 Å². The predicted octanol–water partition coefficient (Wildman–Crippen LogP) is 9.30. The Morgan fingerprint density at radius 1 is 0.810 bits per heavy atom. The summed E-state index contributed by atoms with van der Waals surface area (Å²) in [7, 11) is -8.18. The fourth-order valence-electron chi connectivity index (χ4n) is 7.63. The van der Waals surface area contributed by atoms with Crippen LogP contribution in [0.2, 0.25) is 0 Å². The first-order valence-electron chi connectivity index (χ1n) is 20.8. The van der Waals surface area contributed by atoms with E-state index >= 15 is 0 Å². The average Bonchev–Trinajstić information content (AvgIpc) is 3.35. The Morgan fingerprint density at radius 3 is 1.91 bits per heavy atom. The van der Waals surface area contributed by atoms with Crippen molar-refractivity contribution in [3.63, 3.8) is 0 Å². The van der Waals surface area contributed by atoms with Gasteiger partial charge in [0.2, 0.25) is 5.91 Å². The summed E-state index contributed by atoms with van der Waals surface area (Å²) in [5.41, 5.74) is 8.06. The maximum atomic E-state index is 14.3. The van der Waals surface area contributed by atoms with Crippen molar-refractivity contribution in [1.29, 1.82) is 0 Å². The predicted molar refractivity (Wildman–Crippen MR) is 223 cm³/mol. The molecule has 0 aromatic heterocycles. The van der Waals surface area contributed by atoms with Crippen LogP contribution in [0.4, 0.5) is 4.79 Å². The van der Waals surface area contributed by atoms with Crippen molar-refractivity contribution < 1.29 is 51.1 Å². The van der Waals surface area contributed by atoms with E-state index in [0.717, 1.165) is 43.2 Å². The zero-order chi connectivity index (χ0) is 42.5. The number of carbonyl (C=O) groups excluding carboxylic acids is 3. The molecule has 1 fully saturated rings. The Labute approximate surface area is 344 Å². The van der Waals surface area contributed by atoms with Gasteiger partial charge in [-0.05, 0) is 121 Å². The third kappa shape index (κ3) is 13.1. The molecule has 0 radical (unpaired) electrons. The van der Waals surface area contributed by atoms with Crippen LogP contribution < -0.4 is 21.1 Å². The fraction of sp³-hybridized carbons (Fsp3) is 0.643. The van der Waals surface area contributed by atoms with Crippen molar-refractivity contribution in [3.8, 4) is 5.75 Å². The fourth-order valence-corrected chi connectivity index (χ4v) is 13.0. The quantitative estimate of drug-likeness (QED) is 0.0850. The number of carbonyl (C=O) groups is 3. The summed E-state index contributed by atoms with van der Waals surface area (Å²) in [5, 5.41) is 4.53. The molecular formula is C42H65N3O11P2. The van der Waals surface area contributed by atoms with E-state index in [1.807, 2.05) is 6.07 Å². The molecule has 2 aliphatic carbocycles. The average molecular weight is 850 g/mol. The monoisotopic (exact) mass is 849 g/mol. The van der Waals surface area contributed by atoms with Crippen molar-refractivity contribution in [2.75, 3.05) is 33.0 Å². The zero-order valence-corrected chi connectivity index (χ0v) is 37.1. The lowest BCUT2D eigenvalue weighted by atomic mass is 9.90. The molecule has 0 bridgehead atoms. The summed E-state index contributed by atoms with van der Waals surface area (Å²) >= 11 is 0. The van der Waals surface area contributed by atoms with Gasteiger partial charge in [-0.3, -0.25) is 18.7 Å². The van der Waals surface area contributed by atoms with Gasteiger partial charge >= 0.3 is 21.3 Å². The minimum Gasteiger partial charge on any atom is -0.492 e. The van der Waals surface area contributed by atoms with E-state index in [2.05, 4.69) is 10.6 Å². The number of primary amides is 1. The standard InChI is InChI=1S/C42H65N3O11P2/c1-8-52-57(49,53-9-2)40(58(50,54-10-3)55-11-4)31-23-21-29(22-24-31)25-36(45-41(48)56-42(5,6)7)39(47)44-35-20-16-15-19-32-26-37(34(38(43)46)27-33(32)35)51-28-30-17-13-12-14-18-30/h21-24,26-27,30,35-36,40H,8-20,25,28H2,1-7H3,(H2,43,46)(H,44,47)(H,45,48)/t35-,36+/m0/s1. The normalized spacial score (nSPS) is 17.2. The lowest BCUT2D eigenvalue weighted by Gasteiger charge is -2.31. The van der Waals surface area contributed by atoms with Gasteiger partial charge in [0, 0.05) is 6.42 Å². The van der Waals surface area contributed by atoms with Crippen LogP contribution in [-0.2, 0) is 49.6 Å². The minimum absolute atomic E-state index is 0.0297. The first kappa shape index (κ1) is 47.4. The number of hydrogen-bond donors (Lipinski definition) is 3. The molecule has 324 valence electrons. The Hall–Kier alpha value is -3.25. The van der Waals surface area contributed by atoms with Gasteiger partial charge in [-0.2, -0.15) is 0 Å². The highest BCUT2D eigenvalue weighted by molar-refractivity contribution is 7.72. The van der Waals surface area contributed by atoms with E-state index in [0.29, 0.717) is 35.8 Å². The van der Waals surface area contributed by atoms with Crippen LogP contribution in [0.3, 0.4) is 0 Å². The molecule has 0 unspecified atom stereocenters. The van der Waals surface area contributed by atoms with Gasteiger partial charge in [0.15, 0.2) is 5.40 Å². The zero-order valence-electron chi connectivity index (χ0n) is 35.3. The van der Waals surface area contributed by atoms with E-state index < -0.39 is 56.2 Å². The second kappa shape index (κ2) is 21.8. The third-order valence-electron chi connectivity index (χ3n) is 10.1. The molecule has 0 aliphatic heterocycles. The van der Waals surface area contributed by atoms with Gasteiger partial charge in [-0.1, -0.05) is 49.9 Å². The van der Waals surface area contributed by atoms with Crippen LogP contribution in [-0.4, -0.2) is 62.6 Å². The second-order valence-corrected chi connectivity index (χ2v) is 20.4. The highest BCUT2D eigenvalue weighted by Gasteiger charge is 2.52. The highest BCUT2D eigenvalue weighted by Crippen LogP contribution is 2.78. The molecule has 1 saturated carbocycles. The smallest absolute Gasteiger partial charge is 0.408 e. The van der Waals surface area contributed by atoms with Crippen LogP contribution in [0, 0.1) is 5.92 Å². The van der Waals surface area contributed by atoms with E-state index in [4.69, 9.17) is 33.3 Å². The van der Waals surface area contributed by atoms with Crippen LogP contribution in [0.25, 0.3) is 0 Å².